The van der Waals surface area contributed by atoms with Gasteiger partial charge in [-0.1, -0.05) is 12.1 Å². The van der Waals surface area contributed by atoms with Gasteiger partial charge in [0.05, 0.1) is 6.54 Å². The third kappa shape index (κ3) is 2.72. The highest BCUT2D eigenvalue weighted by atomic mass is 16.5. The first-order valence-corrected chi connectivity index (χ1v) is 7.13. The largest absolute Gasteiger partial charge is 0.339 e. The van der Waals surface area contributed by atoms with E-state index in [0.29, 0.717) is 6.04 Å². The second-order valence-corrected chi connectivity index (χ2v) is 5.52. The van der Waals surface area contributed by atoms with Gasteiger partial charge in [-0.15, -0.1) is 0 Å². The van der Waals surface area contributed by atoms with Crippen LogP contribution in [0.2, 0.25) is 0 Å². The van der Waals surface area contributed by atoms with Gasteiger partial charge < -0.3 is 9.84 Å². The number of nitrogens with one attached hydrogen (secondary N) is 1. The van der Waals surface area contributed by atoms with Crippen molar-refractivity contribution in [2.24, 2.45) is 0 Å². The smallest absolute Gasteiger partial charge is 0.226 e. The molecule has 1 aromatic rings. The van der Waals surface area contributed by atoms with Crippen LogP contribution in [0, 0.1) is 0 Å². The molecule has 2 aliphatic heterocycles. The van der Waals surface area contributed by atoms with Gasteiger partial charge in [0.2, 0.25) is 5.89 Å². The third-order valence-corrected chi connectivity index (χ3v) is 3.95. The molecule has 2 fully saturated rings. The van der Waals surface area contributed by atoms with Crippen molar-refractivity contribution in [3.05, 3.63) is 11.7 Å². The zero-order valence-electron chi connectivity index (χ0n) is 11.1. The summed E-state index contributed by atoms with van der Waals surface area (Å²) in [7, 11) is 0. The summed E-state index contributed by atoms with van der Waals surface area (Å²) in [6, 6.07) is 1.40. The summed E-state index contributed by atoms with van der Waals surface area (Å²) in [6.07, 6.45) is 5.85. The molecule has 0 radical (unpaired) electrons. The molecule has 5 heteroatoms. The van der Waals surface area contributed by atoms with Crippen LogP contribution in [0.5, 0.6) is 0 Å². The Morgan fingerprint density at radius 3 is 3.11 bits per heavy atom. The van der Waals surface area contributed by atoms with Crippen molar-refractivity contribution < 1.29 is 4.52 Å². The highest BCUT2D eigenvalue weighted by Crippen LogP contribution is 2.21. The highest BCUT2D eigenvalue weighted by molar-refractivity contribution is 4.92. The van der Waals surface area contributed by atoms with E-state index in [1.54, 1.807) is 0 Å². The molecule has 18 heavy (non-hydrogen) atoms. The number of aryl methyl sites for hydroxylation is 1. The first kappa shape index (κ1) is 12.1. The van der Waals surface area contributed by atoms with Gasteiger partial charge in [-0.05, 0) is 25.7 Å². The summed E-state index contributed by atoms with van der Waals surface area (Å²) in [5.74, 6) is 1.62. The van der Waals surface area contributed by atoms with E-state index in [0.717, 1.165) is 50.2 Å². The maximum atomic E-state index is 5.24. The lowest BCUT2D eigenvalue weighted by atomic mass is 10.1. The molecule has 100 valence electrons. The lowest BCUT2D eigenvalue weighted by molar-refractivity contribution is 0.241. The minimum Gasteiger partial charge on any atom is -0.339 e. The number of hydrogen-bond donors (Lipinski definition) is 1. The van der Waals surface area contributed by atoms with Crippen LogP contribution in [0.15, 0.2) is 4.52 Å². The minimum absolute atomic E-state index is 0.666. The van der Waals surface area contributed by atoms with Gasteiger partial charge in [-0.3, -0.25) is 4.90 Å². The second-order valence-electron chi connectivity index (χ2n) is 5.52. The van der Waals surface area contributed by atoms with Crippen molar-refractivity contribution >= 4 is 0 Å². The van der Waals surface area contributed by atoms with Gasteiger partial charge in [-0.25, -0.2) is 0 Å². The number of hydrogen-bond acceptors (Lipinski definition) is 5. The quantitative estimate of drug-likeness (QED) is 0.874. The summed E-state index contributed by atoms with van der Waals surface area (Å²) in [5.41, 5.74) is 0. The molecular weight excluding hydrogens is 228 g/mol. The molecule has 1 aromatic heterocycles. The van der Waals surface area contributed by atoms with E-state index in [1.807, 2.05) is 0 Å². The Morgan fingerprint density at radius 1 is 1.33 bits per heavy atom. The van der Waals surface area contributed by atoms with E-state index in [9.17, 15) is 0 Å². The number of nitrogens with zero attached hydrogens (tertiary/aromatic N) is 3. The predicted molar refractivity (Wildman–Crippen MR) is 68.1 cm³/mol. The Bertz CT molecular complexity index is 392. The maximum Gasteiger partial charge on any atom is 0.226 e. The summed E-state index contributed by atoms with van der Waals surface area (Å²) in [6.45, 7) is 5.22. The number of likely N-dealkylation sites (tertiary alicyclic amines) is 1. The summed E-state index contributed by atoms with van der Waals surface area (Å²) < 4.78 is 5.24. The van der Waals surface area contributed by atoms with Gasteiger partial charge in [0.1, 0.15) is 0 Å². The van der Waals surface area contributed by atoms with E-state index in [2.05, 4.69) is 27.3 Å². The van der Waals surface area contributed by atoms with Crippen LogP contribution >= 0.6 is 0 Å². The van der Waals surface area contributed by atoms with Crippen molar-refractivity contribution in [1.82, 2.24) is 20.4 Å². The Hall–Kier alpha value is -0.940. The molecule has 0 amide bonds. The van der Waals surface area contributed by atoms with Crippen molar-refractivity contribution in [3.63, 3.8) is 0 Å². The minimum atomic E-state index is 0.666. The van der Waals surface area contributed by atoms with Crippen molar-refractivity contribution in [1.29, 1.82) is 0 Å². The molecule has 3 heterocycles. The molecular formula is C13H22N4O. The molecule has 0 saturated carbocycles. The molecule has 0 aliphatic carbocycles. The first-order chi connectivity index (χ1) is 8.83. The van der Waals surface area contributed by atoms with Crippen LogP contribution in [-0.2, 0) is 13.0 Å². The summed E-state index contributed by atoms with van der Waals surface area (Å²) in [4.78, 5) is 6.90. The third-order valence-electron chi connectivity index (χ3n) is 3.95. The van der Waals surface area contributed by atoms with Crippen molar-refractivity contribution in [2.75, 3.05) is 13.1 Å². The van der Waals surface area contributed by atoms with E-state index in [4.69, 9.17) is 4.52 Å². The fourth-order valence-electron chi connectivity index (χ4n) is 3.03. The number of rotatable bonds is 4. The fourth-order valence-corrected chi connectivity index (χ4v) is 3.03. The van der Waals surface area contributed by atoms with Crippen LogP contribution in [0.25, 0.3) is 0 Å². The average Bonchev–Trinajstić information content (AvgIpc) is 2.90. The maximum absolute atomic E-state index is 5.24. The molecule has 0 spiro atoms. The SMILES string of the molecule is CCCc1nc(CN2CCC3CCC(C2)N3)no1. The average molecular weight is 250 g/mol. The zero-order valence-corrected chi connectivity index (χ0v) is 11.1. The van der Waals surface area contributed by atoms with E-state index in [-0.39, 0.29) is 0 Å². The Labute approximate surface area is 108 Å². The molecule has 5 nitrogen and oxygen atoms in total. The summed E-state index contributed by atoms with van der Waals surface area (Å²) >= 11 is 0. The van der Waals surface area contributed by atoms with Gasteiger partial charge in [0.15, 0.2) is 5.82 Å². The molecule has 2 aliphatic rings. The molecule has 1 N–H and O–H groups in total. The number of aromatic nitrogens is 2. The van der Waals surface area contributed by atoms with E-state index >= 15 is 0 Å². The molecule has 2 saturated heterocycles. The van der Waals surface area contributed by atoms with E-state index < -0.39 is 0 Å². The first-order valence-electron chi connectivity index (χ1n) is 7.13. The van der Waals surface area contributed by atoms with Crippen molar-refractivity contribution in [3.8, 4) is 0 Å². The molecule has 2 bridgehead atoms. The molecule has 3 rings (SSSR count). The van der Waals surface area contributed by atoms with Crippen LogP contribution in [0.1, 0.15) is 44.3 Å². The van der Waals surface area contributed by atoms with Crippen LogP contribution in [0.4, 0.5) is 0 Å². The van der Waals surface area contributed by atoms with Gasteiger partial charge in [0, 0.05) is 31.6 Å². The molecule has 2 atom stereocenters. The van der Waals surface area contributed by atoms with Crippen molar-refractivity contribution in [2.45, 2.75) is 57.7 Å². The lowest BCUT2D eigenvalue weighted by Crippen LogP contribution is -2.35. The Kier molecular flexibility index (Phi) is 3.61. The van der Waals surface area contributed by atoms with Crippen LogP contribution < -0.4 is 5.32 Å². The second kappa shape index (κ2) is 5.36. The lowest BCUT2D eigenvalue weighted by Gasteiger charge is -2.22. The Morgan fingerprint density at radius 2 is 2.22 bits per heavy atom. The van der Waals surface area contributed by atoms with Crippen LogP contribution in [0.3, 0.4) is 0 Å². The van der Waals surface area contributed by atoms with Gasteiger partial charge in [-0.2, -0.15) is 4.98 Å². The predicted octanol–water partition coefficient (Wildman–Crippen LogP) is 1.35. The normalized spacial score (nSPS) is 28.5. The zero-order chi connectivity index (χ0) is 12.4. The van der Waals surface area contributed by atoms with Gasteiger partial charge in [0.25, 0.3) is 0 Å². The molecule has 0 aromatic carbocycles. The van der Waals surface area contributed by atoms with Crippen LogP contribution in [-0.4, -0.2) is 40.2 Å². The number of fused-ring (bicyclic) bond motifs is 2. The summed E-state index contributed by atoms with van der Waals surface area (Å²) in [5, 5.41) is 7.76. The molecule has 2 unspecified atom stereocenters. The fraction of sp³-hybridized carbons (Fsp3) is 0.846. The Balaban J connectivity index is 1.58. The topological polar surface area (TPSA) is 54.2 Å². The van der Waals surface area contributed by atoms with E-state index in [1.165, 1.54) is 19.3 Å². The monoisotopic (exact) mass is 250 g/mol. The standard InChI is InChI=1S/C13H22N4O/c1-2-3-13-15-12(16-18-13)9-17-7-6-10-4-5-11(8-17)14-10/h10-11,14H,2-9H2,1H3. The van der Waals surface area contributed by atoms with Gasteiger partial charge >= 0.3 is 0 Å². The highest BCUT2D eigenvalue weighted by Gasteiger charge is 2.29.